The molecule has 0 bridgehead atoms. The molecule has 0 radical (unpaired) electrons. The molecule has 2 aliphatic rings. The van der Waals surface area contributed by atoms with Gasteiger partial charge in [-0.1, -0.05) is 11.2 Å². The fourth-order valence-electron chi connectivity index (χ4n) is 4.46. The SMILES string of the molecule is Cc1noc(C)c1CN1CCC2(CC1)CCN(Cc1cccnc1)C2.O=C(O)C(F)(F)F.O=C(O)C(F)(F)F.O=C(O)C(F)(F)F. The van der Waals surface area contributed by atoms with Gasteiger partial charge in [0, 0.05) is 37.6 Å². The highest BCUT2D eigenvalue weighted by atomic mass is 19.4. The van der Waals surface area contributed by atoms with E-state index in [2.05, 4.69) is 26.0 Å². The molecule has 11 nitrogen and oxygen atoms in total. The van der Waals surface area contributed by atoms with E-state index >= 15 is 0 Å². The van der Waals surface area contributed by atoms with Gasteiger partial charge in [-0.15, -0.1) is 0 Å². The Morgan fingerprint density at radius 1 is 0.804 bits per heavy atom. The summed E-state index contributed by atoms with van der Waals surface area (Å²) in [4.78, 5) is 36.1. The maximum Gasteiger partial charge on any atom is 0.490 e. The van der Waals surface area contributed by atoms with Gasteiger partial charge in [0.2, 0.25) is 0 Å². The van der Waals surface area contributed by atoms with Crippen LogP contribution in [0.1, 0.15) is 41.8 Å². The van der Waals surface area contributed by atoms with Crippen molar-refractivity contribution >= 4 is 17.9 Å². The number of nitrogens with zero attached hydrogens (tertiary/aromatic N) is 4. The van der Waals surface area contributed by atoms with Crippen LogP contribution in [0.5, 0.6) is 0 Å². The second-order valence-electron chi connectivity index (χ2n) is 10.3. The zero-order valence-corrected chi connectivity index (χ0v) is 24.3. The van der Waals surface area contributed by atoms with Crippen LogP contribution >= 0.6 is 0 Å². The largest absolute Gasteiger partial charge is 0.490 e. The topological polar surface area (TPSA) is 157 Å². The molecule has 0 saturated carbocycles. The van der Waals surface area contributed by atoms with E-state index in [1.165, 1.54) is 56.6 Å². The summed E-state index contributed by atoms with van der Waals surface area (Å²) in [6.07, 6.45) is -7.45. The molecule has 2 aliphatic heterocycles. The van der Waals surface area contributed by atoms with E-state index in [4.69, 9.17) is 34.2 Å². The third kappa shape index (κ3) is 14.0. The molecule has 0 aliphatic carbocycles. The Bertz CT molecular complexity index is 1200. The zero-order chi connectivity index (χ0) is 35.5. The fraction of sp³-hybridized carbons (Fsp3) is 0.577. The van der Waals surface area contributed by atoms with Gasteiger partial charge >= 0.3 is 36.4 Å². The van der Waals surface area contributed by atoms with Crippen LogP contribution in [0.4, 0.5) is 39.5 Å². The minimum absolute atomic E-state index is 0.525. The summed E-state index contributed by atoms with van der Waals surface area (Å²) in [6, 6.07) is 4.22. The average molecular weight is 683 g/mol. The van der Waals surface area contributed by atoms with Gasteiger partial charge in [-0.3, -0.25) is 14.8 Å². The van der Waals surface area contributed by atoms with Crippen LogP contribution in [0.15, 0.2) is 29.0 Å². The molecule has 2 fully saturated rings. The highest BCUT2D eigenvalue weighted by molar-refractivity contribution is 5.73. The first-order valence-electron chi connectivity index (χ1n) is 13.1. The van der Waals surface area contributed by atoms with Gasteiger partial charge in [-0.2, -0.15) is 39.5 Å². The summed E-state index contributed by atoms with van der Waals surface area (Å²) in [5.41, 5.74) is 4.18. The zero-order valence-electron chi connectivity index (χ0n) is 24.3. The molecule has 2 saturated heterocycles. The minimum atomic E-state index is -5.08. The lowest BCUT2D eigenvalue weighted by molar-refractivity contribution is -0.193. The number of piperidine rings is 1. The minimum Gasteiger partial charge on any atom is -0.475 e. The number of aryl methyl sites for hydroxylation is 2. The van der Waals surface area contributed by atoms with E-state index < -0.39 is 36.4 Å². The Kier molecular flexibility index (Phi) is 14.4. The van der Waals surface area contributed by atoms with Crippen LogP contribution in [0, 0.1) is 19.3 Å². The number of carbonyl (C=O) groups is 3. The molecule has 2 aromatic rings. The monoisotopic (exact) mass is 682 g/mol. The van der Waals surface area contributed by atoms with Crippen LogP contribution in [0.3, 0.4) is 0 Å². The number of likely N-dealkylation sites (tertiary alicyclic amines) is 2. The number of halogens is 9. The van der Waals surface area contributed by atoms with Crippen LogP contribution in [0.2, 0.25) is 0 Å². The molecule has 0 atom stereocenters. The Morgan fingerprint density at radius 2 is 1.24 bits per heavy atom. The summed E-state index contributed by atoms with van der Waals surface area (Å²) in [5, 5.41) is 25.5. The number of rotatable bonds is 4. The second kappa shape index (κ2) is 16.6. The lowest BCUT2D eigenvalue weighted by Crippen LogP contribution is -2.41. The molecule has 4 rings (SSSR count). The number of aliphatic carboxylic acids is 3. The Labute approximate surface area is 255 Å². The van der Waals surface area contributed by atoms with Crippen molar-refractivity contribution in [3.63, 3.8) is 0 Å². The predicted octanol–water partition coefficient (Wildman–Crippen LogP) is 5.07. The first-order valence-corrected chi connectivity index (χ1v) is 13.1. The number of aromatic nitrogens is 2. The highest BCUT2D eigenvalue weighted by Crippen LogP contribution is 2.41. The summed E-state index contributed by atoms with van der Waals surface area (Å²) in [7, 11) is 0. The lowest BCUT2D eigenvalue weighted by Gasteiger charge is -2.39. The van der Waals surface area contributed by atoms with Crippen molar-refractivity contribution < 1.29 is 73.7 Å². The van der Waals surface area contributed by atoms with Crippen LogP contribution < -0.4 is 0 Å². The maximum absolute atomic E-state index is 10.6. The molecule has 0 amide bonds. The van der Waals surface area contributed by atoms with Gasteiger partial charge in [0.05, 0.1) is 5.69 Å². The molecule has 3 N–H and O–H groups in total. The molecular weight excluding hydrogens is 651 g/mol. The Balaban J connectivity index is 0.000000413. The standard InChI is InChI=1S/C20H28N4O.3C2HF3O2/c1-16-19(17(2)25-22-16)14-23-9-5-20(6-10-23)7-11-24(15-20)13-18-4-3-8-21-12-18;3*3-2(4,5)1(6)7/h3-4,8,12H,5-7,9-11,13-15H2,1-2H3;3*(H,6,7). The number of carboxylic acids is 3. The van der Waals surface area contributed by atoms with E-state index in [1.54, 1.807) is 0 Å². The third-order valence-electron chi connectivity index (χ3n) is 6.85. The van der Waals surface area contributed by atoms with E-state index in [-0.39, 0.29) is 0 Å². The molecule has 1 spiro atoms. The summed E-state index contributed by atoms with van der Waals surface area (Å²) in [6.45, 7) is 10.9. The Hall–Kier alpha value is -3.94. The van der Waals surface area contributed by atoms with Crippen LogP contribution in [-0.2, 0) is 27.5 Å². The van der Waals surface area contributed by atoms with Crippen molar-refractivity contribution in [3.05, 3.63) is 47.1 Å². The smallest absolute Gasteiger partial charge is 0.475 e. The highest BCUT2D eigenvalue weighted by Gasteiger charge is 2.41. The van der Waals surface area contributed by atoms with Crippen molar-refractivity contribution in [2.45, 2.75) is 64.7 Å². The second-order valence-corrected chi connectivity index (χ2v) is 10.3. The molecule has 0 unspecified atom stereocenters. The fourth-order valence-corrected chi connectivity index (χ4v) is 4.46. The predicted molar refractivity (Wildman–Crippen MR) is 138 cm³/mol. The summed E-state index contributed by atoms with van der Waals surface area (Å²) >= 11 is 0. The molecule has 4 heterocycles. The van der Waals surface area contributed by atoms with Crippen LogP contribution in [-0.4, -0.2) is 97.9 Å². The van der Waals surface area contributed by atoms with Crippen molar-refractivity contribution in [2.75, 3.05) is 26.2 Å². The van der Waals surface area contributed by atoms with Gasteiger partial charge in [-0.05, 0) is 69.8 Å². The van der Waals surface area contributed by atoms with Gasteiger partial charge in [0.15, 0.2) is 0 Å². The molecule has 2 aromatic heterocycles. The summed E-state index contributed by atoms with van der Waals surface area (Å²) in [5.74, 6) is -7.30. The molecular formula is C26H31F9N4O7. The molecule has 260 valence electrons. The first-order chi connectivity index (χ1) is 21.0. The van der Waals surface area contributed by atoms with Crippen molar-refractivity contribution in [1.82, 2.24) is 19.9 Å². The van der Waals surface area contributed by atoms with Gasteiger partial charge in [-0.25, -0.2) is 14.4 Å². The summed E-state index contributed by atoms with van der Waals surface area (Å²) < 4.78 is 101. The quantitative estimate of drug-likeness (QED) is 0.370. The third-order valence-corrected chi connectivity index (χ3v) is 6.85. The van der Waals surface area contributed by atoms with Crippen LogP contribution in [0.25, 0.3) is 0 Å². The van der Waals surface area contributed by atoms with Gasteiger partial charge in [0.1, 0.15) is 5.76 Å². The van der Waals surface area contributed by atoms with Gasteiger partial charge < -0.3 is 19.8 Å². The normalized spacial score (nSPS) is 16.7. The number of pyridine rings is 1. The number of hydrogen-bond acceptors (Lipinski definition) is 8. The lowest BCUT2D eigenvalue weighted by atomic mass is 9.77. The molecule has 46 heavy (non-hydrogen) atoms. The van der Waals surface area contributed by atoms with Crippen molar-refractivity contribution in [1.29, 1.82) is 0 Å². The maximum atomic E-state index is 10.6. The van der Waals surface area contributed by atoms with Crippen molar-refractivity contribution in [2.24, 2.45) is 5.41 Å². The van der Waals surface area contributed by atoms with E-state index in [0.717, 1.165) is 24.5 Å². The Morgan fingerprint density at radius 3 is 1.59 bits per heavy atom. The molecule has 0 aromatic carbocycles. The molecule has 20 heteroatoms. The van der Waals surface area contributed by atoms with E-state index in [1.807, 2.05) is 32.3 Å². The average Bonchev–Trinajstić information content (AvgIpc) is 3.47. The number of alkyl halides is 9. The number of carboxylic acid groups (broad SMARTS) is 3. The van der Waals surface area contributed by atoms with E-state index in [9.17, 15) is 39.5 Å². The number of hydrogen-bond donors (Lipinski definition) is 3. The first kappa shape index (κ1) is 40.1. The van der Waals surface area contributed by atoms with Gasteiger partial charge in [0.25, 0.3) is 0 Å². The van der Waals surface area contributed by atoms with Crippen molar-refractivity contribution in [3.8, 4) is 0 Å². The van der Waals surface area contributed by atoms with E-state index in [0.29, 0.717) is 5.41 Å².